The Hall–Kier alpha value is -2.14. The minimum atomic E-state index is -0.258. The number of H-pyrrole nitrogens is 1. The molecule has 1 amide bonds. The summed E-state index contributed by atoms with van der Waals surface area (Å²) in [4.78, 5) is 14.0. The molecule has 1 fully saturated rings. The van der Waals surface area contributed by atoms with Crippen molar-refractivity contribution in [2.45, 2.75) is 19.2 Å². The van der Waals surface area contributed by atoms with Crippen LogP contribution in [-0.2, 0) is 22.6 Å². The lowest BCUT2D eigenvalue weighted by Gasteiger charge is -2.21. The average molecular weight is 257 g/mol. The number of ether oxygens (including phenoxy) is 1. The second kappa shape index (κ2) is 5.24. The van der Waals surface area contributed by atoms with E-state index in [0.29, 0.717) is 19.7 Å². The number of nitrogens with zero attached hydrogens (tertiary/aromatic N) is 2. The van der Waals surface area contributed by atoms with Crippen LogP contribution in [0, 0.1) is 0 Å². The molecule has 5 heteroatoms. The Morgan fingerprint density at radius 2 is 2.11 bits per heavy atom. The van der Waals surface area contributed by atoms with Gasteiger partial charge in [0.05, 0.1) is 18.8 Å². The van der Waals surface area contributed by atoms with E-state index in [4.69, 9.17) is 4.74 Å². The van der Waals surface area contributed by atoms with Gasteiger partial charge in [0, 0.05) is 12.7 Å². The van der Waals surface area contributed by atoms with E-state index >= 15 is 0 Å². The molecule has 2 heterocycles. The van der Waals surface area contributed by atoms with Crippen molar-refractivity contribution in [3.8, 4) is 0 Å². The van der Waals surface area contributed by atoms with Crippen LogP contribution < -0.4 is 0 Å². The number of hydrogen-bond donors (Lipinski definition) is 1. The molecular weight excluding hydrogens is 242 g/mol. The van der Waals surface area contributed by atoms with E-state index in [2.05, 4.69) is 10.2 Å². The molecule has 1 unspecified atom stereocenters. The molecule has 5 nitrogen and oxygen atoms in total. The lowest BCUT2D eigenvalue weighted by Crippen LogP contribution is -2.33. The van der Waals surface area contributed by atoms with Gasteiger partial charge >= 0.3 is 0 Å². The summed E-state index contributed by atoms with van der Waals surface area (Å²) in [6.45, 7) is 1.64. The second-order valence-corrected chi connectivity index (χ2v) is 4.58. The first-order valence-corrected chi connectivity index (χ1v) is 6.25. The highest BCUT2D eigenvalue weighted by Crippen LogP contribution is 2.17. The third-order valence-electron chi connectivity index (χ3n) is 3.06. The van der Waals surface area contributed by atoms with Gasteiger partial charge in [0.25, 0.3) is 5.91 Å². The minimum absolute atomic E-state index is 0.0402. The van der Waals surface area contributed by atoms with Gasteiger partial charge in [-0.2, -0.15) is 5.10 Å². The number of carbonyl (C=O) groups excluding carboxylic acids is 1. The van der Waals surface area contributed by atoms with E-state index < -0.39 is 0 Å². The summed E-state index contributed by atoms with van der Waals surface area (Å²) < 4.78 is 5.09. The molecule has 3 rings (SSSR count). The predicted molar refractivity (Wildman–Crippen MR) is 69.0 cm³/mol. The molecule has 1 saturated heterocycles. The number of benzene rings is 1. The molecule has 98 valence electrons. The van der Waals surface area contributed by atoms with Crippen molar-refractivity contribution in [2.24, 2.45) is 0 Å². The molecule has 1 aliphatic heterocycles. The molecule has 0 bridgehead atoms. The van der Waals surface area contributed by atoms with Crippen LogP contribution in [-0.4, -0.2) is 33.7 Å². The smallest absolute Gasteiger partial charge is 0.254 e. The lowest BCUT2D eigenvalue weighted by atomic mass is 10.2. The molecule has 1 aliphatic rings. The number of nitrogens with one attached hydrogen (secondary N) is 1. The van der Waals surface area contributed by atoms with Crippen molar-refractivity contribution < 1.29 is 9.53 Å². The van der Waals surface area contributed by atoms with Crippen molar-refractivity contribution in [1.82, 2.24) is 15.1 Å². The molecule has 1 aromatic carbocycles. The summed E-state index contributed by atoms with van der Waals surface area (Å²) in [6.07, 6.45) is 1.43. The van der Waals surface area contributed by atoms with Crippen LogP contribution in [0.4, 0.5) is 0 Å². The Kier molecular flexibility index (Phi) is 3.29. The van der Waals surface area contributed by atoms with Crippen molar-refractivity contribution in [1.29, 1.82) is 0 Å². The summed E-state index contributed by atoms with van der Waals surface area (Å²) in [5.41, 5.74) is 2.03. The van der Waals surface area contributed by atoms with E-state index in [1.165, 1.54) is 0 Å². The minimum Gasteiger partial charge on any atom is -0.363 e. The number of amides is 1. The van der Waals surface area contributed by atoms with E-state index in [1.807, 2.05) is 36.4 Å². The fourth-order valence-electron chi connectivity index (χ4n) is 1.99. The van der Waals surface area contributed by atoms with Gasteiger partial charge in [0.2, 0.25) is 0 Å². The largest absolute Gasteiger partial charge is 0.363 e. The Balaban J connectivity index is 1.74. The molecule has 0 aliphatic carbocycles. The number of aromatic amines is 1. The Morgan fingerprint density at radius 3 is 2.74 bits per heavy atom. The first-order chi connectivity index (χ1) is 9.33. The third-order valence-corrected chi connectivity index (χ3v) is 3.06. The van der Waals surface area contributed by atoms with Crippen LogP contribution in [0.15, 0.2) is 42.6 Å². The molecule has 0 radical (unpaired) electrons. The molecular formula is C14H15N3O2. The van der Waals surface area contributed by atoms with Gasteiger partial charge in [-0.1, -0.05) is 30.3 Å². The van der Waals surface area contributed by atoms with Crippen LogP contribution in [0.1, 0.15) is 11.3 Å². The maximum atomic E-state index is 12.2. The summed E-state index contributed by atoms with van der Waals surface area (Å²) in [5, 5.41) is 6.79. The number of carbonyl (C=O) groups is 1. The van der Waals surface area contributed by atoms with Crippen LogP contribution in [0.2, 0.25) is 0 Å². The first-order valence-electron chi connectivity index (χ1n) is 6.25. The van der Waals surface area contributed by atoms with E-state index in [-0.39, 0.29) is 12.0 Å². The molecule has 1 N–H and O–H groups in total. The zero-order valence-corrected chi connectivity index (χ0v) is 10.5. The van der Waals surface area contributed by atoms with Crippen molar-refractivity contribution in [2.75, 3.05) is 6.61 Å². The third kappa shape index (κ3) is 3.00. The second-order valence-electron chi connectivity index (χ2n) is 4.58. The van der Waals surface area contributed by atoms with Crippen LogP contribution >= 0.6 is 0 Å². The highest BCUT2D eigenvalue weighted by molar-refractivity contribution is 5.82. The maximum Gasteiger partial charge on any atom is 0.254 e. The molecule has 0 saturated carbocycles. The molecule has 19 heavy (non-hydrogen) atoms. The zero-order valence-electron chi connectivity index (χ0n) is 10.5. The van der Waals surface area contributed by atoms with E-state index in [9.17, 15) is 4.79 Å². The van der Waals surface area contributed by atoms with Crippen LogP contribution in [0.25, 0.3) is 0 Å². The maximum absolute atomic E-state index is 12.2. The van der Waals surface area contributed by atoms with Gasteiger partial charge in [-0.3, -0.25) is 9.89 Å². The summed E-state index contributed by atoms with van der Waals surface area (Å²) in [5.74, 6) is 0.0402. The number of epoxide rings is 1. The Morgan fingerprint density at radius 1 is 1.32 bits per heavy atom. The van der Waals surface area contributed by atoms with Gasteiger partial charge in [-0.05, 0) is 11.6 Å². The lowest BCUT2D eigenvalue weighted by molar-refractivity contribution is -0.133. The quantitative estimate of drug-likeness (QED) is 0.822. The Labute approximate surface area is 111 Å². The van der Waals surface area contributed by atoms with Crippen LogP contribution in [0.5, 0.6) is 0 Å². The summed E-state index contributed by atoms with van der Waals surface area (Å²) >= 11 is 0. The van der Waals surface area contributed by atoms with Gasteiger partial charge in [0.1, 0.15) is 0 Å². The first kappa shape index (κ1) is 11.9. The van der Waals surface area contributed by atoms with Crippen molar-refractivity contribution in [3.63, 3.8) is 0 Å². The zero-order chi connectivity index (χ0) is 13.1. The highest BCUT2D eigenvalue weighted by Gasteiger charge is 2.35. The standard InChI is InChI=1S/C14H15N3O2/c18-14(13-10-19-13)17(9-12-6-7-15-16-12)8-11-4-2-1-3-5-11/h1-7,13H,8-10H2,(H,15,16). The highest BCUT2D eigenvalue weighted by atomic mass is 16.6. The van der Waals surface area contributed by atoms with Crippen LogP contribution in [0.3, 0.4) is 0 Å². The number of hydrogen-bond acceptors (Lipinski definition) is 3. The molecule has 1 aromatic heterocycles. The molecule has 1 atom stereocenters. The Bertz CT molecular complexity index is 535. The number of aromatic nitrogens is 2. The topological polar surface area (TPSA) is 61.5 Å². The fourth-order valence-corrected chi connectivity index (χ4v) is 1.99. The van der Waals surface area contributed by atoms with Gasteiger partial charge in [0.15, 0.2) is 6.10 Å². The molecule has 0 spiro atoms. The van der Waals surface area contributed by atoms with E-state index in [0.717, 1.165) is 11.3 Å². The number of rotatable bonds is 5. The van der Waals surface area contributed by atoms with Crippen molar-refractivity contribution >= 4 is 5.91 Å². The van der Waals surface area contributed by atoms with Gasteiger partial charge in [-0.15, -0.1) is 0 Å². The van der Waals surface area contributed by atoms with E-state index in [1.54, 1.807) is 11.1 Å². The SMILES string of the molecule is O=C(C1CO1)N(Cc1ccccc1)Cc1ccn[nH]1. The normalized spacial score (nSPS) is 17.2. The summed E-state index contributed by atoms with van der Waals surface area (Å²) in [6, 6.07) is 11.8. The summed E-state index contributed by atoms with van der Waals surface area (Å²) in [7, 11) is 0. The molecule has 2 aromatic rings. The average Bonchev–Trinajstić information content (AvgIpc) is 3.17. The predicted octanol–water partition coefficient (Wildman–Crippen LogP) is 1.34. The van der Waals surface area contributed by atoms with Gasteiger partial charge < -0.3 is 9.64 Å². The fraction of sp³-hybridized carbons (Fsp3) is 0.286. The van der Waals surface area contributed by atoms with Crippen molar-refractivity contribution in [3.05, 3.63) is 53.9 Å². The monoisotopic (exact) mass is 257 g/mol. The van der Waals surface area contributed by atoms with Gasteiger partial charge in [-0.25, -0.2) is 0 Å².